The number of carbonyl (C=O) groups is 1. The third-order valence-electron chi connectivity index (χ3n) is 5.79. The molecule has 12 nitrogen and oxygen atoms in total. The molecule has 1 amide bonds. The summed E-state index contributed by atoms with van der Waals surface area (Å²) in [6.45, 7) is -0.282. The molecule has 1 N–H and O–H groups in total. The number of benzene rings is 2. The van der Waals surface area contributed by atoms with Crippen LogP contribution in [0.4, 0.5) is 31.9 Å². The van der Waals surface area contributed by atoms with E-state index in [1.165, 1.54) is 12.1 Å². The molecule has 0 aliphatic carbocycles. The monoisotopic (exact) mass is 497 g/mol. The molecule has 2 aromatic rings. The van der Waals surface area contributed by atoms with Crippen LogP contribution in [0.15, 0.2) is 41.3 Å². The van der Waals surface area contributed by atoms with E-state index in [1.54, 1.807) is 4.90 Å². The third kappa shape index (κ3) is 3.88. The van der Waals surface area contributed by atoms with Gasteiger partial charge in [-0.05, 0) is 12.1 Å². The quantitative estimate of drug-likeness (QED) is 0.269. The van der Waals surface area contributed by atoms with E-state index in [0.717, 1.165) is 24.3 Å². The first kappa shape index (κ1) is 24.0. The number of para-hydroxylation sites is 2. The summed E-state index contributed by atoms with van der Waals surface area (Å²) in [5.74, 6) is -0.776. The number of ether oxygens (including phenoxy) is 2. The standard InChI is InChI=1S/C20H20FN3O9S/c21-14-3-1-5-16(18(14)22-7-9-32-10-8-22)24(11-13(12-25)33-20(24)26)19-15(23(27)28)4-2-6-17(19)34(29,30)31/h1-6,13,25H,7-12H2/t13?,24-/m1/s1. The highest BCUT2D eigenvalue weighted by Gasteiger charge is 2.59. The van der Waals surface area contributed by atoms with Crippen molar-refractivity contribution in [1.29, 1.82) is 0 Å². The topological polar surface area (TPSA) is 159 Å². The Morgan fingerprint density at radius 1 is 1.21 bits per heavy atom. The van der Waals surface area contributed by atoms with E-state index in [9.17, 15) is 33.0 Å². The van der Waals surface area contributed by atoms with Gasteiger partial charge in [0.2, 0.25) is 5.69 Å². The molecule has 0 saturated carbocycles. The number of aliphatic hydroxyl groups excluding tert-OH is 1. The number of anilines is 1. The first-order valence-electron chi connectivity index (χ1n) is 10.2. The highest BCUT2D eigenvalue weighted by Crippen LogP contribution is 2.51. The van der Waals surface area contributed by atoms with E-state index in [4.69, 9.17) is 9.47 Å². The first-order valence-corrected chi connectivity index (χ1v) is 11.6. The van der Waals surface area contributed by atoms with Crippen LogP contribution in [0.3, 0.4) is 0 Å². The molecule has 2 aromatic carbocycles. The summed E-state index contributed by atoms with van der Waals surface area (Å²) in [5.41, 5.74) is -1.90. The molecule has 2 aliphatic rings. The number of amides is 1. The average Bonchev–Trinajstić information content (AvgIpc) is 3.15. The van der Waals surface area contributed by atoms with Crippen molar-refractivity contribution in [2.45, 2.75) is 11.0 Å². The SMILES string of the molecule is O=C1OC(CO)C[N@@+]1(c1cccc(F)c1N1CCOCC1)c1c([N+](=O)[O-])cccc1S(=O)(=O)[O-]. The zero-order chi connectivity index (χ0) is 24.7. The molecule has 34 heavy (non-hydrogen) atoms. The number of aliphatic hydroxyl groups is 1. The second-order valence-electron chi connectivity index (χ2n) is 7.72. The van der Waals surface area contributed by atoms with Crippen LogP contribution in [0.25, 0.3) is 0 Å². The molecule has 0 radical (unpaired) electrons. The largest absolute Gasteiger partial charge is 0.744 e. The van der Waals surface area contributed by atoms with E-state index < -0.39 is 67.0 Å². The lowest BCUT2D eigenvalue weighted by molar-refractivity contribution is -0.384. The molecule has 2 atom stereocenters. The lowest BCUT2D eigenvalue weighted by Crippen LogP contribution is -2.49. The van der Waals surface area contributed by atoms with Crippen LogP contribution in [0, 0.1) is 15.9 Å². The highest BCUT2D eigenvalue weighted by molar-refractivity contribution is 7.86. The maximum absolute atomic E-state index is 15.3. The summed E-state index contributed by atoms with van der Waals surface area (Å²) in [7, 11) is -5.34. The van der Waals surface area contributed by atoms with Crippen molar-refractivity contribution in [3.8, 4) is 0 Å². The van der Waals surface area contributed by atoms with E-state index in [1.807, 2.05) is 0 Å². The Bertz CT molecular complexity index is 1250. The van der Waals surface area contributed by atoms with Crippen LogP contribution in [0.1, 0.15) is 0 Å². The average molecular weight is 497 g/mol. The predicted octanol–water partition coefficient (Wildman–Crippen LogP) is 1.62. The fraction of sp³-hybridized carbons (Fsp3) is 0.350. The number of nitro benzene ring substituents is 1. The minimum absolute atomic E-state index is 0.117. The molecule has 2 aliphatic heterocycles. The molecule has 0 spiro atoms. The van der Waals surface area contributed by atoms with Gasteiger partial charge in [-0.1, -0.05) is 12.1 Å². The van der Waals surface area contributed by atoms with Gasteiger partial charge in [0.15, 0.2) is 17.6 Å². The second kappa shape index (κ2) is 8.88. The summed E-state index contributed by atoms with van der Waals surface area (Å²) < 4.78 is 61.0. The van der Waals surface area contributed by atoms with Crippen LogP contribution in [-0.4, -0.2) is 74.7 Å². The fourth-order valence-electron chi connectivity index (χ4n) is 4.40. The Balaban J connectivity index is 2.13. The van der Waals surface area contributed by atoms with Crippen LogP contribution >= 0.6 is 0 Å². The lowest BCUT2D eigenvalue weighted by Gasteiger charge is -2.35. The number of hydrogen-bond donors (Lipinski definition) is 1. The number of morpholine rings is 1. The summed E-state index contributed by atoms with van der Waals surface area (Å²) in [6.07, 6.45) is -2.39. The maximum Gasteiger partial charge on any atom is 0.527 e. The number of carbonyl (C=O) groups excluding carboxylic acids is 1. The van der Waals surface area contributed by atoms with Crippen LogP contribution in [0.5, 0.6) is 0 Å². The van der Waals surface area contributed by atoms with Gasteiger partial charge in [-0.15, -0.1) is 4.48 Å². The van der Waals surface area contributed by atoms with Crippen molar-refractivity contribution in [3.05, 3.63) is 52.3 Å². The summed E-state index contributed by atoms with van der Waals surface area (Å²) in [5, 5.41) is 21.6. The third-order valence-corrected chi connectivity index (χ3v) is 6.66. The van der Waals surface area contributed by atoms with Gasteiger partial charge in [-0.25, -0.2) is 12.8 Å². The van der Waals surface area contributed by atoms with Crippen molar-refractivity contribution in [2.24, 2.45) is 0 Å². The number of rotatable bonds is 6. The van der Waals surface area contributed by atoms with E-state index in [-0.39, 0.29) is 37.7 Å². The van der Waals surface area contributed by atoms with Crippen LogP contribution in [0.2, 0.25) is 0 Å². The van der Waals surface area contributed by atoms with Crippen LogP contribution < -0.4 is 9.38 Å². The number of quaternary nitrogens is 1. The molecule has 0 bridgehead atoms. The Labute approximate surface area is 193 Å². The normalized spacial score (nSPS) is 23.1. The zero-order valence-corrected chi connectivity index (χ0v) is 18.4. The summed E-state index contributed by atoms with van der Waals surface area (Å²) in [4.78, 5) is 25.0. The molecular weight excluding hydrogens is 477 g/mol. The lowest BCUT2D eigenvalue weighted by atomic mass is 10.1. The number of cyclic esters (lactones) is 1. The molecule has 2 fully saturated rings. The van der Waals surface area contributed by atoms with E-state index in [0.29, 0.717) is 0 Å². The number of halogens is 1. The van der Waals surface area contributed by atoms with Crippen molar-refractivity contribution >= 4 is 39.0 Å². The molecule has 0 aromatic heterocycles. The van der Waals surface area contributed by atoms with Gasteiger partial charge in [-0.3, -0.25) is 10.1 Å². The van der Waals surface area contributed by atoms with Crippen molar-refractivity contribution in [3.63, 3.8) is 0 Å². The Hall–Kier alpha value is -3.17. The fourth-order valence-corrected chi connectivity index (χ4v) is 5.14. The van der Waals surface area contributed by atoms with E-state index >= 15 is 4.39 Å². The predicted molar refractivity (Wildman–Crippen MR) is 114 cm³/mol. The maximum atomic E-state index is 15.3. The Morgan fingerprint density at radius 2 is 1.88 bits per heavy atom. The van der Waals surface area contributed by atoms with Gasteiger partial charge in [0.1, 0.15) is 27.2 Å². The zero-order valence-electron chi connectivity index (χ0n) is 17.6. The summed E-state index contributed by atoms with van der Waals surface area (Å²) in [6, 6.07) is 6.49. The number of nitrogens with zero attached hydrogens (tertiary/aromatic N) is 3. The van der Waals surface area contributed by atoms with Gasteiger partial charge >= 0.3 is 11.8 Å². The molecule has 182 valence electrons. The van der Waals surface area contributed by atoms with Gasteiger partial charge < -0.3 is 24.0 Å². The minimum Gasteiger partial charge on any atom is -0.744 e. The molecule has 4 rings (SSSR count). The second-order valence-corrected chi connectivity index (χ2v) is 9.07. The van der Waals surface area contributed by atoms with Gasteiger partial charge in [-0.2, -0.15) is 4.79 Å². The van der Waals surface area contributed by atoms with E-state index in [2.05, 4.69) is 0 Å². The van der Waals surface area contributed by atoms with Crippen molar-refractivity contribution in [1.82, 2.24) is 4.48 Å². The highest BCUT2D eigenvalue weighted by atomic mass is 32.2. The molecule has 14 heteroatoms. The molecule has 2 saturated heterocycles. The smallest absolute Gasteiger partial charge is 0.527 e. The molecular formula is C20H20FN3O9S. The first-order chi connectivity index (χ1) is 16.1. The molecule has 2 heterocycles. The minimum atomic E-state index is -5.34. The summed E-state index contributed by atoms with van der Waals surface area (Å²) >= 11 is 0. The van der Waals surface area contributed by atoms with Crippen molar-refractivity contribution in [2.75, 3.05) is 44.4 Å². The van der Waals surface area contributed by atoms with Crippen LogP contribution in [-0.2, 0) is 19.6 Å². The van der Waals surface area contributed by atoms with Crippen molar-refractivity contribution < 1.29 is 41.7 Å². The van der Waals surface area contributed by atoms with Gasteiger partial charge in [0.05, 0.1) is 24.7 Å². The van der Waals surface area contributed by atoms with Gasteiger partial charge in [0, 0.05) is 25.2 Å². The number of nitro groups is 1. The van der Waals surface area contributed by atoms with Gasteiger partial charge in [0.25, 0.3) is 0 Å². The number of hydrogen-bond acceptors (Lipinski definition) is 10. The Kier molecular flexibility index (Phi) is 6.26. The Morgan fingerprint density at radius 3 is 2.47 bits per heavy atom. The molecule has 1 unspecified atom stereocenters.